The van der Waals surface area contributed by atoms with E-state index in [0.717, 1.165) is 55.5 Å². The van der Waals surface area contributed by atoms with Crippen LogP contribution in [0, 0.1) is 0 Å². The van der Waals surface area contributed by atoms with Gasteiger partial charge in [-0.3, -0.25) is 0 Å². The predicted molar refractivity (Wildman–Crippen MR) is 105 cm³/mol. The smallest absolute Gasteiger partial charge is 0.177 e. The summed E-state index contributed by atoms with van der Waals surface area (Å²) < 4.78 is 1.76. The van der Waals surface area contributed by atoms with Crippen LogP contribution in [0.3, 0.4) is 0 Å². The van der Waals surface area contributed by atoms with Crippen LogP contribution in [0.25, 0.3) is 5.65 Å². The maximum Gasteiger partial charge on any atom is 0.177 e. The molecule has 0 atom stereocenters. The van der Waals surface area contributed by atoms with Gasteiger partial charge in [0, 0.05) is 30.5 Å². The highest BCUT2D eigenvalue weighted by Crippen LogP contribution is 2.40. The lowest BCUT2D eigenvalue weighted by Crippen LogP contribution is -2.27. The van der Waals surface area contributed by atoms with Crippen molar-refractivity contribution in [2.75, 3.05) is 17.6 Å². The van der Waals surface area contributed by atoms with Gasteiger partial charge in [-0.1, -0.05) is 30.3 Å². The molecular weight excluding hydrogens is 324 g/mol. The number of aromatic nitrogens is 3. The fourth-order valence-corrected chi connectivity index (χ4v) is 3.95. The van der Waals surface area contributed by atoms with Crippen LogP contribution < -0.4 is 16.8 Å². The number of fused-ring (bicyclic) bond motifs is 1. The molecule has 5 N–H and O–H groups in total. The van der Waals surface area contributed by atoms with Crippen molar-refractivity contribution >= 4 is 17.2 Å². The molecule has 6 nitrogen and oxygen atoms in total. The molecule has 2 heterocycles. The van der Waals surface area contributed by atoms with Crippen LogP contribution >= 0.6 is 0 Å². The molecule has 1 aromatic carbocycles. The maximum atomic E-state index is 6.36. The van der Waals surface area contributed by atoms with E-state index >= 15 is 0 Å². The minimum absolute atomic E-state index is 0.310. The predicted octanol–water partition coefficient (Wildman–Crippen LogP) is 2.95. The summed E-state index contributed by atoms with van der Waals surface area (Å²) in [5.74, 6) is 0.987. The Bertz CT molecular complexity index is 865. The van der Waals surface area contributed by atoms with Crippen molar-refractivity contribution in [3.05, 3.63) is 53.9 Å². The second-order valence-corrected chi connectivity index (χ2v) is 7.14. The number of hydrogen-bond acceptors (Lipinski definition) is 5. The van der Waals surface area contributed by atoms with Crippen LogP contribution in [0.4, 0.5) is 11.5 Å². The lowest BCUT2D eigenvalue weighted by atomic mass is 9.81. The molecule has 0 radical (unpaired) electrons. The summed E-state index contributed by atoms with van der Waals surface area (Å²) in [4.78, 5) is 4.51. The Balaban J connectivity index is 1.62. The number of imidazole rings is 1. The molecule has 0 spiro atoms. The summed E-state index contributed by atoms with van der Waals surface area (Å²) in [6.07, 6.45) is 8.74. The van der Waals surface area contributed by atoms with E-state index in [1.165, 1.54) is 5.56 Å². The van der Waals surface area contributed by atoms with Gasteiger partial charge in [0.15, 0.2) is 5.65 Å². The molecule has 4 rings (SSSR count). The van der Waals surface area contributed by atoms with Crippen molar-refractivity contribution in [3.8, 4) is 0 Å². The van der Waals surface area contributed by atoms with Crippen molar-refractivity contribution in [2.45, 2.75) is 44.1 Å². The molecule has 0 amide bonds. The van der Waals surface area contributed by atoms with E-state index in [1.54, 1.807) is 10.7 Å². The van der Waals surface area contributed by atoms with E-state index in [0.29, 0.717) is 17.8 Å². The molecule has 0 bridgehead atoms. The van der Waals surface area contributed by atoms with Gasteiger partial charge in [0.25, 0.3) is 0 Å². The average Bonchev–Trinajstić information content (AvgIpc) is 3.12. The minimum Gasteiger partial charge on any atom is -0.382 e. The van der Waals surface area contributed by atoms with Crippen LogP contribution in [-0.4, -0.2) is 27.2 Å². The van der Waals surface area contributed by atoms with E-state index < -0.39 is 0 Å². The summed E-state index contributed by atoms with van der Waals surface area (Å²) in [7, 11) is 0. The monoisotopic (exact) mass is 350 g/mol. The quantitative estimate of drug-likeness (QED) is 0.658. The molecule has 0 saturated heterocycles. The molecule has 3 aromatic rings. The highest BCUT2D eigenvalue weighted by molar-refractivity contribution is 5.76. The number of hydrogen-bond donors (Lipinski definition) is 3. The normalized spacial score (nSPS) is 20.3. The number of rotatable bonds is 5. The molecule has 1 saturated carbocycles. The molecule has 6 heteroatoms. The Morgan fingerprint density at radius 3 is 2.65 bits per heavy atom. The van der Waals surface area contributed by atoms with Crippen LogP contribution in [0.1, 0.15) is 42.7 Å². The second-order valence-electron chi connectivity index (χ2n) is 7.14. The molecule has 1 aliphatic carbocycles. The van der Waals surface area contributed by atoms with Crippen LogP contribution in [0.5, 0.6) is 0 Å². The minimum atomic E-state index is 0.310. The van der Waals surface area contributed by atoms with E-state index in [-0.39, 0.29) is 0 Å². The Morgan fingerprint density at radius 2 is 1.88 bits per heavy atom. The van der Waals surface area contributed by atoms with Gasteiger partial charge in [-0.15, -0.1) is 5.10 Å². The zero-order valence-electron chi connectivity index (χ0n) is 14.9. The highest BCUT2D eigenvalue weighted by Gasteiger charge is 2.26. The van der Waals surface area contributed by atoms with Gasteiger partial charge in [0.05, 0.1) is 5.69 Å². The summed E-state index contributed by atoms with van der Waals surface area (Å²) in [5.41, 5.74) is 16.8. The number of nitrogen functional groups attached to an aromatic ring is 1. The average molecular weight is 350 g/mol. The van der Waals surface area contributed by atoms with Gasteiger partial charge < -0.3 is 16.8 Å². The third-order valence-corrected chi connectivity index (χ3v) is 5.34. The molecule has 0 aliphatic heterocycles. The lowest BCUT2D eigenvalue weighted by Gasteiger charge is -2.28. The number of anilines is 2. The first kappa shape index (κ1) is 16.8. The number of nitrogens with zero attached hydrogens (tertiary/aromatic N) is 3. The zero-order chi connectivity index (χ0) is 17.9. The molecule has 26 heavy (non-hydrogen) atoms. The fraction of sp³-hybridized carbons (Fsp3) is 0.400. The first-order valence-electron chi connectivity index (χ1n) is 9.38. The van der Waals surface area contributed by atoms with Crippen LogP contribution in [0.2, 0.25) is 0 Å². The van der Waals surface area contributed by atoms with Gasteiger partial charge in [0.1, 0.15) is 5.82 Å². The Hall–Kier alpha value is -2.60. The number of benzene rings is 1. The first-order valence-corrected chi connectivity index (χ1v) is 9.38. The van der Waals surface area contributed by atoms with Crippen molar-refractivity contribution in [2.24, 2.45) is 5.73 Å². The molecular formula is C20H26N6. The molecule has 1 fully saturated rings. The molecule has 2 aromatic heterocycles. The van der Waals surface area contributed by atoms with Gasteiger partial charge in [-0.2, -0.15) is 0 Å². The van der Waals surface area contributed by atoms with Crippen molar-refractivity contribution in [1.82, 2.24) is 14.6 Å². The SMILES string of the molecule is Nc1nn2ccnc2c(NCCc2ccccc2)c1C1CCC(N)CC1. The maximum absolute atomic E-state index is 6.36. The topological polar surface area (TPSA) is 94.3 Å². The number of nitrogens with two attached hydrogens (primary N) is 2. The second kappa shape index (κ2) is 7.33. The third kappa shape index (κ3) is 3.37. The van der Waals surface area contributed by atoms with Gasteiger partial charge in [-0.25, -0.2) is 9.50 Å². The summed E-state index contributed by atoms with van der Waals surface area (Å²) >= 11 is 0. The van der Waals surface area contributed by atoms with Gasteiger partial charge in [0.2, 0.25) is 0 Å². The lowest BCUT2D eigenvalue weighted by molar-refractivity contribution is 0.396. The van der Waals surface area contributed by atoms with E-state index in [1.807, 2.05) is 12.3 Å². The summed E-state index contributed by atoms with van der Waals surface area (Å²) in [6.45, 7) is 0.829. The summed E-state index contributed by atoms with van der Waals surface area (Å²) in [5, 5.41) is 8.12. The largest absolute Gasteiger partial charge is 0.382 e. The molecule has 0 unspecified atom stereocenters. The van der Waals surface area contributed by atoms with Crippen LogP contribution in [-0.2, 0) is 6.42 Å². The summed E-state index contributed by atoms with van der Waals surface area (Å²) in [6, 6.07) is 10.8. The van der Waals surface area contributed by atoms with E-state index in [4.69, 9.17) is 11.5 Å². The van der Waals surface area contributed by atoms with E-state index in [9.17, 15) is 0 Å². The van der Waals surface area contributed by atoms with E-state index in [2.05, 4.69) is 39.7 Å². The van der Waals surface area contributed by atoms with Crippen molar-refractivity contribution in [3.63, 3.8) is 0 Å². The fourth-order valence-electron chi connectivity index (χ4n) is 3.95. The van der Waals surface area contributed by atoms with Gasteiger partial charge >= 0.3 is 0 Å². The Labute approximate surface area is 153 Å². The van der Waals surface area contributed by atoms with Crippen molar-refractivity contribution < 1.29 is 0 Å². The zero-order valence-corrected chi connectivity index (χ0v) is 14.9. The Morgan fingerprint density at radius 1 is 1.12 bits per heavy atom. The number of nitrogens with one attached hydrogen (secondary N) is 1. The highest BCUT2D eigenvalue weighted by atomic mass is 15.3. The molecule has 136 valence electrons. The Kier molecular flexibility index (Phi) is 4.75. The molecule has 1 aliphatic rings. The van der Waals surface area contributed by atoms with Crippen molar-refractivity contribution in [1.29, 1.82) is 0 Å². The van der Waals surface area contributed by atoms with Gasteiger partial charge in [-0.05, 0) is 43.6 Å². The van der Waals surface area contributed by atoms with Crippen LogP contribution in [0.15, 0.2) is 42.7 Å². The first-order chi connectivity index (χ1) is 12.7. The third-order valence-electron chi connectivity index (χ3n) is 5.34. The standard InChI is InChI=1S/C20H26N6/c21-16-8-6-15(7-9-16)17-18(20-24-12-13-26(20)25-19(17)22)23-11-10-14-4-2-1-3-5-14/h1-5,12-13,15-16,23H,6-11,21H2,(H2,22,25).